The molecule has 1 aromatic carbocycles. The fraction of sp³-hybridized carbons (Fsp3) is 0.308. The molecule has 0 bridgehead atoms. The Balaban J connectivity index is 0.00000112. The standard InChI is InChI=1S/C13H14N.Y/c1-13(2,3)12-9-8-10-6-4-5-7-11(10)14-12;/h4-7,9H,1-3H3;/q-1;. The summed E-state index contributed by atoms with van der Waals surface area (Å²) in [6.45, 7) is 6.49. The Morgan fingerprint density at radius 2 is 1.80 bits per heavy atom. The van der Waals surface area contributed by atoms with Crippen LogP contribution in [-0.2, 0) is 38.1 Å². The number of hydrogen-bond acceptors (Lipinski definition) is 1. The van der Waals surface area contributed by atoms with E-state index in [0.717, 1.165) is 16.6 Å². The first-order valence-electron chi connectivity index (χ1n) is 4.85. The Morgan fingerprint density at radius 3 is 2.47 bits per heavy atom. The van der Waals surface area contributed by atoms with Crippen LogP contribution in [0.25, 0.3) is 10.9 Å². The van der Waals surface area contributed by atoms with Crippen molar-refractivity contribution in [1.82, 2.24) is 4.98 Å². The van der Waals surface area contributed by atoms with Crippen molar-refractivity contribution in [3.63, 3.8) is 0 Å². The Morgan fingerprint density at radius 1 is 1.13 bits per heavy atom. The van der Waals surface area contributed by atoms with Crippen molar-refractivity contribution < 1.29 is 32.7 Å². The molecule has 0 aliphatic rings. The second-order valence-electron chi connectivity index (χ2n) is 4.55. The molecule has 0 saturated carbocycles. The van der Waals surface area contributed by atoms with E-state index in [0.29, 0.717) is 0 Å². The summed E-state index contributed by atoms with van der Waals surface area (Å²) >= 11 is 0. The minimum Gasteiger partial charge on any atom is -0.348 e. The van der Waals surface area contributed by atoms with Crippen LogP contribution in [0, 0.1) is 6.07 Å². The van der Waals surface area contributed by atoms with Gasteiger partial charge in [-0.15, -0.1) is 29.7 Å². The predicted molar refractivity (Wildman–Crippen MR) is 59.3 cm³/mol. The molecule has 0 N–H and O–H groups in total. The summed E-state index contributed by atoms with van der Waals surface area (Å²) in [6, 6.07) is 13.3. The molecule has 0 aliphatic heterocycles. The van der Waals surface area contributed by atoms with Crippen LogP contribution in [0.1, 0.15) is 26.5 Å². The Bertz CT molecular complexity index is 457. The predicted octanol–water partition coefficient (Wildman–Crippen LogP) is 3.33. The van der Waals surface area contributed by atoms with Crippen LogP contribution < -0.4 is 0 Å². The second-order valence-corrected chi connectivity index (χ2v) is 4.55. The molecular formula is C13H14NY-. The smallest absolute Gasteiger partial charge is 0 e. The van der Waals surface area contributed by atoms with Crippen molar-refractivity contribution in [3.8, 4) is 0 Å². The Hall–Kier alpha value is -0.266. The van der Waals surface area contributed by atoms with Crippen LogP contribution in [0.4, 0.5) is 0 Å². The Labute approximate surface area is 116 Å². The molecule has 1 nitrogen and oxygen atoms in total. The molecule has 0 saturated heterocycles. The molecular weight excluding hydrogens is 259 g/mol. The number of benzene rings is 1. The van der Waals surface area contributed by atoms with E-state index in [1.54, 1.807) is 0 Å². The van der Waals surface area contributed by atoms with Gasteiger partial charge in [0.25, 0.3) is 0 Å². The van der Waals surface area contributed by atoms with E-state index in [9.17, 15) is 0 Å². The third kappa shape index (κ3) is 2.86. The third-order valence-electron chi connectivity index (χ3n) is 2.28. The molecule has 0 amide bonds. The van der Waals surface area contributed by atoms with Crippen molar-refractivity contribution in [2.24, 2.45) is 0 Å². The number of para-hydroxylation sites is 1. The molecule has 15 heavy (non-hydrogen) atoms. The van der Waals surface area contributed by atoms with Crippen LogP contribution in [-0.4, -0.2) is 4.98 Å². The average Bonchev–Trinajstić information content (AvgIpc) is 2.16. The van der Waals surface area contributed by atoms with Crippen molar-refractivity contribution >= 4 is 10.9 Å². The first-order valence-corrected chi connectivity index (χ1v) is 4.85. The van der Waals surface area contributed by atoms with E-state index < -0.39 is 0 Å². The van der Waals surface area contributed by atoms with E-state index in [4.69, 9.17) is 0 Å². The van der Waals surface area contributed by atoms with Crippen LogP contribution in [0.5, 0.6) is 0 Å². The zero-order valence-corrected chi connectivity index (χ0v) is 12.2. The summed E-state index contributed by atoms with van der Waals surface area (Å²) in [5, 5.41) is 1.08. The van der Waals surface area contributed by atoms with Crippen molar-refractivity contribution in [2.45, 2.75) is 26.2 Å². The van der Waals surface area contributed by atoms with Gasteiger partial charge in [-0.25, -0.2) is 0 Å². The molecule has 0 spiro atoms. The van der Waals surface area contributed by atoms with Crippen LogP contribution >= 0.6 is 0 Å². The van der Waals surface area contributed by atoms with E-state index in [2.05, 4.69) is 31.8 Å². The quantitative estimate of drug-likeness (QED) is 0.671. The summed E-state index contributed by atoms with van der Waals surface area (Å²) in [4.78, 5) is 4.62. The summed E-state index contributed by atoms with van der Waals surface area (Å²) in [5.41, 5.74) is 2.22. The average molecular weight is 273 g/mol. The number of pyridine rings is 1. The maximum atomic E-state index is 4.62. The summed E-state index contributed by atoms with van der Waals surface area (Å²) < 4.78 is 0. The minimum atomic E-state index is 0. The first-order chi connectivity index (χ1) is 6.57. The zero-order valence-electron chi connectivity index (χ0n) is 9.41. The number of nitrogens with zero attached hydrogens (tertiary/aromatic N) is 1. The van der Waals surface area contributed by atoms with Gasteiger partial charge in [0.1, 0.15) is 0 Å². The second kappa shape index (κ2) is 4.71. The van der Waals surface area contributed by atoms with Gasteiger partial charge in [-0.2, -0.15) is 0 Å². The van der Waals surface area contributed by atoms with Gasteiger partial charge in [-0.3, -0.25) is 0 Å². The van der Waals surface area contributed by atoms with Gasteiger partial charge in [0.2, 0.25) is 0 Å². The molecule has 0 unspecified atom stereocenters. The summed E-state index contributed by atoms with van der Waals surface area (Å²) in [5.74, 6) is 0. The summed E-state index contributed by atoms with van der Waals surface area (Å²) in [7, 11) is 0. The molecule has 0 atom stereocenters. The van der Waals surface area contributed by atoms with E-state index in [1.165, 1.54) is 0 Å². The monoisotopic (exact) mass is 273 g/mol. The molecule has 0 aliphatic carbocycles. The van der Waals surface area contributed by atoms with Gasteiger partial charge < -0.3 is 4.98 Å². The van der Waals surface area contributed by atoms with Crippen molar-refractivity contribution in [2.75, 3.05) is 0 Å². The number of fused-ring (bicyclic) bond motifs is 1. The molecule has 1 heterocycles. The molecule has 2 rings (SSSR count). The van der Waals surface area contributed by atoms with Crippen molar-refractivity contribution in [3.05, 3.63) is 42.1 Å². The van der Waals surface area contributed by atoms with Crippen molar-refractivity contribution in [1.29, 1.82) is 0 Å². The number of hydrogen-bond donors (Lipinski definition) is 0. The van der Waals surface area contributed by atoms with Crippen LogP contribution in [0.3, 0.4) is 0 Å². The fourth-order valence-electron chi connectivity index (χ4n) is 1.39. The van der Waals surface area contributed by atoms with E-state index in [-0.39, 0.29) is 38.1 Å². The van der Waals surface area contributed by atoms with Crippen LogP contribution in [0.15, 0.2) is 30.3 Å². The van der Waals surface area contributed by atoms with E-state index in [1.807, 2.05) is 30.3 Å². The van der Waals surface area contributed by atoms with E-state index >= 15 is 0 Å². The zero-order chi connectivity index (χ0) is 10.2. The molecule has 0 fully saturated rings. The molecule has 75 valence electrons. The van der Waals surface area contributed by atoms with Gasteiger partial charge in [-0.05, 0) is 16.6 Å². The maximum absolute atomic E-state index is 4.62. The largest absolute Gasteiger partial charge is 0.348 e. The van der Waals surface area contributed by atoms with Gasteiger partial charge >= 0.3 is 0 Å². The Kier molecular flexibility index (Phi) is 4.02. The fourth-order valence-corrected chi connectivity index (χ4v) is 1.39. The van der Waals surface area contributed by atoms with Gasteiger partial charge in [0.15, 0.2) is 0 Å². The van der Waals surface area contributed by atoms with Gasteiger partial charge in [0.05, 0.1) is 0 Å². The minimum absolute atomic E-state index is 0. The molecule has 2 aromatic rings. The van der Waals surface area contributed by atoms with Crippen LogP contribution in [0.2, 0.25) is 0 Å². The number of rotatable bonds is 0. The normalized spacial score (nSPS) is 11.1. The molecule has 2 heteroatoms. The molecule has 1 aromatic heterocycles. The summed E-state index contributed by atoms with van der Waals surface area (Å²) in [6.07, 6.45) is 0. The topological polar surface area (TPSA) is 12.9 Å². The third-order valence-corrected chi connectivity index (χ3v) is 2.28. The maximum Gasteiger partial charge on any atom is 0 e. The van der Waals surface area contributed by atoms with Gasteiger partial charge in [-0.1, -0.05) is 32.9 Å². The molecule has 1 radical (unpaired) electrons. The van der Waals surface area contributed by atoms with Gasteiger partial charge in [0, 0.05) is 32.7 Å². The number of aromatic nitrogens is 1. The SMILES string of the molecule is CC(C)(C)c1c[c-]c2ccccc2n1.[Y]. The first kappa shape index (κ1) is 12.8.